The van der Waals surface area contributed by atoms with Gasteiger partial charge in [0.1, 0.15) is 5.75 Å². The van der Waals surface area contributed by atoms with Gasteiger partial charge in [-0.25, -0.2) is 8.42 Å². The normalized spacial score (nSPS) is 29.4. The molecule has 2 aliphatic carbocycles. The largest absolute Gasteiger partial charge is 0.508 e. The molecule has 0 amide bonds. The highest BCUT2D eigenvalue weighted by molar-refractivity contribution is 7.89. The van der Waals surface area contributed by atoms with Crippen LogP contribution in [0.25, 0.3) is 0 Å². The highest BCUT2D eigenvalue weighted by Crippen LogP contribution is 2.51. The van der Waals surface area contributed by atoms with E-state index in [0.29, 0.717) is 22.6 Å². The van der Waals surface area contributed by atoms with Crippen molar-refractivity contribution in [2.45, 2.75) is 80.3 Å². The second kappa shape index (κ2) is 9.67. The van der Waals surface area contributed by atoms with E-state index in [0.717, 1.165) is 71.1 Å². The Kier molecular flexibility index (Phi) is 6.63. The number of hydrogen-bond acceptors (Lipinski definition) is 5. The molecule has 6 nitrogen and oxygen atoms in total. The number of piperidine rings is 2. The molecular formula is C30H41N3O3S. The standard InChI is InChI=1S/C30H41N3O3S/c1-22-29-20-23-8-11-26(34)21-28(23)30(22,14-18-31(29)2)15-19-32-16-12-25(13-17-32)33(24-9-10-24)37(35,36)27-6-4-3-5-7-27/h3-8,11,21-22,24-25,29,34H,9-10,12-20H2,1-2H3/t22-,29+,30?/m0/s1. The van der Waals surface area contributed by atoms with Crippen LogP contribution in [0.3, 0.4) is 0 Å². The fourth-order valence-electron chi connectivity index (χ4n) is 7.64. The number of fused-ring (bicyclic) bond motifs is 4. The number of phenolic OH excluding ortho intramolecular Hbond substituents is 1. The molecule has 2 heterocycles. The molecule has 2 bridgehead atoms. The van der Waals surface area contributed by atoms with Crippen LogP contribution in [0.2, 0.25) is 0 Å². The van der Waals surface area contributed by atoms with Crippen molar-refractivity contribution in [1.82, 2.24) is 14.1 Å². The predicted molar refractivity (Wildman–Crippen MR) is 146 cm³/mol. The van der Waals surface area contributed by atoms with Crippen molar-refractivity contribution in [1.29, 1.82) is 0 Å². The Morgan fingerprint density at radius 2 is 1.70 bits per heavy atom. The number of rotatable bonds is 7. The summed E-state index contributed by atoms with van der Waals surface area (Å²) in [5, 5.41) is 10.4. The Morgan fingerprint density at radius 3 is 2.41 bits per heavy atom. The fourth-order valence-corrected chi connectivity index (χ4v) is 9.59. The second-order valence-corrected chi connectivity index (χ2v) is 13.8. The van der Waals surface area contributed by atoms with E-state index in [1.807, 2.05) is 34.6 Å². The summed E-state index contributed by atoms with van der Waals surface area (Å²) in [7, 11) is -1.20. The van der Waals surface area contributed by atoms with E-state index >= 15 is 0 Å². The minimum absolute atomic E-state index is 0.0890. The summed E-state index contributed by atoms with van der Waals surface area (Å²) < 4.78 is 28.9. The summed E-state index contributed by atoms with van der Waals surface area (Å²) in [4.78, 5) is 5.51. The summed E-state index contributed by atoms with van der Waals surface area (Å²) >= 11 is 0. The fraction of sp³-hybridized carbons (Fsp3) is 0.600. The maximum atomic E-state index is 13.5. The third-order valence-corrected chi connectivity index (χ3v) is 12.0. The van der Waals surface area contributed by atoms with Gasteiger partial charge in [-0.3, -0.25) is 0 Å². The molecule has 1 unspecified atom stereocenters. The number of likely N-dealkylation sites (N-methyl/N-ethyl adjacent to an activating group) is 1. The van der Waals surface area contributed by atoms with E-state index in [-0.39, 0.29) is 17.5 Å². The Bertz CT molecular complexity index is 1220. The first-order chi connectivity index (χ1) is 17.8. The molecule has 3 atom stereocenters. The van der Waals surface area contributed by atoms with Gasteiger partial charge in [0.25, 0.3) is 0 Å². The van der Waals surface area contributed by atoms with Gasteiger partial charge in [-0.15, -0.1) is 0 Å². The zero-order valence-electron chi connectivity index (χ0n) is 22.2. The molecule has 2 aromatic rings. The maximum Gasteiger partial charge on any atom is 0.243 e. The van der Waals surface area contributed by atoms with Crippen molar-refractivity contribution >= 4 is 10.0 Å². The van der Waals surface area contributed by atoms with Gasteiger partial charge in [-0.1, -0.05) is 31.2 Å². The van der Waals surface area contributed by atoms with Crippen LogP contribution < -0.4 is 0 Å². The maximum absolute atomic E-state index is 13.5. The van der Waals surface area contributed by atoms with Gasteiger partial charge in [0.05, 0.1) is 4.90 Å². The van der Waals surface area contributed by atoms with Crippen LogP contribution in [0.1, 0.15) is 56.6 Å². The number of sulfonamides is 1. The van der Waals surface area contributed by atoms with Crippen LogP contribution in [0.4, 0.5) is 0 Å². The lowest BCUT2D eigenvalue weighted by molar-refractivity contribution is 0.0272. The van der Waals surface area contributed by atoms with Crippen molar-refractivity contribution in [3.63, 3.8) is 0 Å². The Balaban J connectivity index is 1.16. The average Bonchev–Trinajstić information content (AvgIpc) is 3.73. The van der Waals surface area contributed by atoms with Gasteiger partial charge in [0.2, 0.25) is 10.0 Å². The molecular weight excluding hydrogens is 482 g/mol. The van der Waals surface area contributed by atoms with Crippen molar-refractivity contribution in [3.8, 4) is 5.75 Å². The van der Waals surface area contributed by atoms with Crippen molar-refractivity contribution in [2.75, 3.05) is 33.2 Å². The van der Waals surface area contributed by atoms with E-state index in [1.165, 1.54) is 11.1 Å². The van der Waals surface area contributed by atoms with Crippen LogP contribution in [-0.2, 0) is 21.9 Å². The summed E-state index contributed by atoms with van der Waals surface area (Å²) in [5.41, 5.74) is 2.86. The van der Waals surface area contributed by atoms with Crippen LogP contribution in [0, 0.1) is 5.92 Å². The van der Waals surface area contributed by atoms with Gasteiger partial charge in [-0.05, 0) is 119 Å². The molecule has 7 heteroatoms. The van der Waals surface area contributed by atoms with Crippen LogP contribution in [0.5, 0.6) is 5.75 Å². The zero-order valence-corrected chi connectivity index (χ0v) is 23.0. The van der Waals surface area contributed by atoms with Gasteiger partial charge in [0.15, 0.2) is 0 Å². The third-order valence-electron chi connectivity index (χ3n) is 10.0. The Hall–Kier alpha value is -1.93. The Morgan fingerprint density at radius 1 is 1.00 bits per heavy atom. The van der Waals surface area contributed by atoms with Gasteiger partial charge in [0, 0.05) is 23.5 Å². The molecule has 200 valence electrons. The number of likely N-dealkylation sites (tertiary alicyclic amines) is 2. The van der Waals surface area contributed by atoms with Crippen LogP contribution in [-0.4, -0.2) is 79.0 Å². The smallest absolute Gasteiger partial charge is 0.243 e. The highest BCUT2D eigenvalue weighted by atomic mass is 32.2. The first-order valence-electron chi connectivity index (χ1n) is 14.1. The lowest BCUT2D eigenvalue weighted by atomic mass is 9.56. The lowest BCUT2D eigenvalue weighted by Crippen LogP contribution is -2.58. The van der Waals surface area contributed by atoms with Crippen molar-refractivity contribution in [3.05, 3.63) is 59.7 Å². The van der Waals surface area contributed by atoms with Crippen LogP contribution >= 0.6 is 0 Å². The summed E-state index contributed by atoms with van der Waals surface area (Å²) in [6.45, 7) is 6.43. The highest BCUT2D eigenvalue weighted by Gasteiger charge is 2.50. The number of benzene rings is 2. The van der Waals surface area contributed by atoms with Gasteiger partial charge >= 0.3 is 0 Å². The summed E-state index contributed by atoms with van der Waals surface area (Å²) in [6.07, 6.45) is 7.03. The average molecular weight is 524 g/mol. The van der Waals surface area contributed by atoms with E-state index in [9.17, 15) is 13.5 Å². The number of phenols is 1. The monoisotopic (exact) mass is 523 g/mol. The van der Waals surface area contributed by atoms with E-state index in [4.69, 9.17) is 0 Å². The molecule has 0 aromatic heterocycles. The van der Waals surface area contributed by atoms with Crippen molar-refractivity contribution < 1.29 is 13.5 Å². The van der Waals surface area contributed by atoms with E-state index < -0.39 is 10.0 Å². The molecule has 0 radical (unpaired) electrons. The first-order valence-corrected chi connectivity index (χ1v) is 15.6. The predicted octanol–water partition coefficient (Wildman–Crippen LogP) is 4.23. The van der Waals surface area contributed by atoms with Crippen molar-refractivity contribution in [2.24, 2.45) is 5.92 Å². The van der Waals surface area contributed by atoms with Gasteiger partial charge in [-0.2, -0.15) is 4.31 Å². The molecule has 2 aromatic carbocycles. The minimum Gasteiger partial charge on any atom is -0.508 e. The topological polar surface area (TPSA) is 64.1 Å². The summed E-state index contributed by atoms with van der Waals surface area (Å²) in [5.74, 6) is 0.919. The molecule has 37 heavy (non-hydrogen) atoms. The number of aromatic hydroxyl groups is 1. The molecule has 6 rings (SSSR count). The van der Waals surface area contributed by atoms with Crippen LogP contribution in [0.15, 0.2) is 53.4 Å². The molecule has 1 saturated carbocycles. The molecule has 4 aliphatic rings. The molecule has 0 spiro atoms. The lowest BCUT2D eigenvalue weighted by Gasteiger charge is -2.56. The zero-order chi connectivity index (χ0) is 25.8. The molecule has 1 N–H and O–H groups in total. The first kappa shape index (κ1) is 25.4. The van der Waals surface area contributed by atoms with E-state index in [2.05, 4.69) is 29.8 Å². The van der Waals surface area contributed by atoms with Gasteiger partial charge < -0.3 is 14.9 Å². The van der Waals surface area contributed by atoms with E-state index in [1.54, 1.807) is 12.1 Å². The Labute approximate surface area is 222 Å². The quantitative estimate of drug-likeness (QED) is 0.588. The summed E-state index contributed by atoms with van der Waals surface area (Å²) in [6, 6.07) is 15.8. The molecule has 2 aliphatic heterocycles. The minimum atomic E-state index is -3.46. The third kappa shape index (κ3) is 4.52. The second-order valence-electron chi connectivity index (χ2n) is 12.0. The number of nitrogens with zero attached hydrogens (tertiary/aromatic N) is 3. The molecule has 3 fully saturated rings. The molecule has 2 saturated heterocycles. The SMILES string of the molecule is C[C@H]1[C@H]2Cc3ccc(O)cc3C1(CCN1CCC(N(C3CC3)S(=O)(=O)c3ccccc3)CC1)CCN2C. The number of hydrogen-bond donors (Lipinski definition) is 1.